The molecular formula is C25H28FN3O4. The second kappa shape index (κ2) is 11.7. The summed E-state index contributed by atoms with van der Waals surface area (Å²) in [5, 5.41) is 2.82. The first kappa shape index (κ1) is 23.8. The fourth-order valence-electron chi connectivity index (χ4n) is 3.36. The van der Waals surface area contributed by atoms with Gasteiger partial charge in [0.25, 0.3) is 0 Å². The molecule has 1 N–H and O–H groups in total. The lowest BCUT2D eigenvalue weighted by molar-refractivity contribution is -0.133. The van der Waals surface area contributed by atoms with Crippen molar-refractivity contribution < 1.29 is 23.1 Å². The highest BCUT2D eigenvalue weighted by Gasteiger charge is 2.23. The molecule has 7 nitrogen and oxygen atoms in total. The molecule has 2 aromatic carbocycles. The summed E-state index contributed by atoms with van der Waals surface area (Å²) >= 11 is 0. The Hall–Kier alpha value is -3.81. The molecule has 0 fully saturated rings. The molecule has 0 bridgehead atoms. The van der Waals surface area contributed by atoms with Gasteiger partial charge in [0, 0.05) is 13.1 Å². The molecular weight excluding hydrogens is 425 g/mol. The van der Waals surface area contributed by atoms with E-state index in [-0.39, 0.29) is 31.4 Å². The number of halogens is 1. The summed E-state index contributed by atoms with van der Waals surface area (Å²) in [7, 11) is 1.53. The van der Waals surface area contributed by atoms with Crippen LogP contribution in [0.25, 0.3) is 0 Å². The Morgan fingerprint density at radius 1 is 1.00 bits per heavy atom. The van der Waals surface area contributed by atoms with Gasteiger partial charge >= 0.3 is 6.03 Å². The van der Waals surface area contributed by atoms with E-state index in [0.717, 1.165) is 5.56 Å². The summed E-state index contributed by atoms with van der Waals surface area (Å²) < 4.78 is 24.0. The lowest BCUT2D eigenvalue weighted by atomic mass is 10.2. The average molecular weight is 454 g/mol. The number of carbonyl (C=O) groups is 2. The molecule has 3 rings (SSSR count). The van der Waals surface area contributed by atoms with E-state index in [9.17, 15) is 14.0 Å². The number of ether oxygens (including phenoxy) is 1. The van der Waals surface area contributed by atoms with Gasteiger partial charge in [0.15, 0.2) is 0 Å². The zero-order chi connectivity index (χ0) is 23.6. The van der Waals surface area contributed by atoms with E-state index >= 15 is 0 Å². The highest BCUT2D eigenvalue weighted by Crippen LogP contribution is 2.23. The van der Waals surface area contributed by atoms with Gasteiger partial charge in [0.1, 0.15) is 23.9 Å². The van der Waals surface area contributed by atoms with Crippen molar-refractivity contribution in [3.63, 3.8) is 0 Å². The van der Waals surface area contributed by atoms with Crippen molar-refractivity contribution in [3.8, 4) is 5.75 Å². The van der Waals surface area contributed by atoms with Crippen LogP contribution in [0.3, 0.4) is 0 Å². The summed E-state index contributed by atoms with van der Waals surface area (Å²) in [5.41, 5.74) is 1.30. The molecule has 8 heteroatoms. The Morgan fingerprint density at radius 2 is 1.76 bits per heavy atom. The molecule has 0 radical (unpaired) electrons. The topological polar surface area (TPSA) is 75.0 Å². The summed E-state index contributed by atoms with van der Waals surface area (Å²) in [4.78, 5) is 29.3. The lowest BCUT2D eigenvalue weighted by Crippen LogP contribution is -2.44. The lowest BCUT2D eigenvalue weighted by Gasteiger charge is -2.27. The van der Waals surface area contributed by atoms with Gasteiger partial charge in [-0.15, -0.1) is 0 Å². The van der Waals surface area contributed by atoms with Crippen molar-refractivity contribution in [1.29, 1.82) is 0 Å². The maximum Gasteiger partial charge on any atom is 0.322 e. The summed E-state index contributed by atoms with van der Waals surface area (Å²) in [6.07, 6.45) is 2.22. The first-order chi connectivity index (χ1) is 16.0. The van der Waals surface area contributed by atoms with E-state index in [0.29, 0.717) is 30.2 Å². The number of anilines is 1. The molecule has 0 saturated carbocycles. The molecule has 0 aliphatic heterocycles. The Morgan fingerprint density at radius 3 is 2.42 bits per heavy atom. The number of rotatable bonds is 10. The highest BCUT2D eigenvalue weighted by molar-refractivity contribution is 5.93. The summed E-state index contributed by atoms with van der Waals surface area (Å²) in [6.45, 7) is 2.72. The van der Waals surface area contributed by atoms with Crippen LogP contribution in [0.2, 0.25) is 0 Å². The van der Waals surface area contributed by atoms with Crippen LogP contribution in [-0.4, -0.2) is 41.9 Å². The molecule has 0 aliphatic rings. The minimum absolute atomic E-state index is 0.114. The maximum absolute atomic E-state index is 13.3. The molecule has 1 aromatic heterocycles. The Balaban J connectivity index is 1.74. The van der Waals surface area contributed by atoms with Crippen molar-refractivity contribution in [2.75, 3.05) is 25.5 Å². The normalized spacial score (nSPS) is 10.5. The number of amides is 3. The Bertz CT molecular complexity index is 1040. The minimum atomic E-state index is -0.394. The second-order valence-electron chi connectivity index (χ2n) is 7.51. The predicted molar refractivity (Wildman–Crippen MR) is 123 cm³/mol. The molecule has 3 aromatic rings. The number of carbonyl (C=O) groups excluding carboxylic acids is 2. The van der Waals surface area contributed by atoms with Gasteiger partial charge in [-0.05, 0) is 48.4 Å². The van der Waals surface area contributed by atoms with Crippen LogP contribution in [0.15, 0.2) is 71.3 Å². The molecule has 0 atom stereocenters. The highest BCUT2D eigenvalue weighted by atomic mass is 19.1. The summed E-state index contributed by atoms with van der Waals surface area (Å²) in [5.74, 6) is 0.555. The SMILES string of the molecule is CCCN(CC(=O)N(Cc1ccc(F)cc1)Cc1ccco1)C(=O)Nc1ccccc1OC. The largest absolute Gasteiger partial charge is 0.495 e. The van der Waals surface area contributed by atoms with Crippen molar-refractivity contribution in [1.82, 2.24) is 9.80 Å². The second-order valence-corrected chi connectivity index (χ2v) is 7.51. The van der Waals surface area contributed by atoms with Gasteiger partial charge in [-0.3, -0.25) is 4.79 Å². The first-order valence-electron chi connectivity index (χ1n) is 10.7. The van der Waals surface area contributed by atoms with Crippen LogP contribution in [-0.2, 0) is 17.9 Å². The molecule has 0 saturated heterocycles. The molecule has 0 aliphatic carbocycles. The van der Waals surface area contributed by atoms with Crippen LogP contribution in [0, 0.1) is 5.82 Å². The monoisotopic (exact) mass is 453 g/mol. The molecule has 1 heterocycles. The van der Waals surface area contributed by atoms with Crippen LogP contribution in [0.4, 0.5) is 14.9 Å². The van der Waals surface area contributed by atoms with Gasteiger partial charge < -0.3 is 24.3 Å². The third kappa shape index (κ3) is 6.83. The number of hydrogen-bond donors (Lipinski definition) is 1. The number of nitrogens with zero attached hydrogens (tertiary/aromatic N) is 2. The number of methoxy groups -OCH3 is 1. The Kier molecular flexibility index (Phi) is 8.46. The maximum atomic E-state index is 13.3. The number of benzene rings is 2. The van der Waals surface area contributed by atoms with Crippen molar-refractivity contribution >= 4 is 17.6 Å². The zero-order valence-corrected chi connectivity index (χ0v) is 18.8. The number of hydrogen-bond acceptors (Lipinski definition) is 4. The van der Waals surface area contributed by atoms with Crippen molar-refractivity contribution in [2.24, 2.45) is 0 Å². The number of urea groups is 1. The third-order valence-electron chi connectivity index (χ3n) is 5.02. The van der Waals surface area contributed by atoms with E-state index < -0.39 is 6.03 Å². The van der Waals surface area contributed by atoms with E-state index in [4.69, 9.17) is 9.15 Å². The standard InChI is InChI=1S/C25H28FN3O4/c1-3-14-28(25(31)27-22-8-4-5-9-23(22)32-2)18-24(30)29(17-21-7-6-15-33-21)16-19-10-12-20(26)13-11-19/h4-13,15H,3,14,16-18H2,1-2H3,(H,27,31). The quantitative estimate of drug-likeness (QED) is 0.474. The smallest absolute Gasteiger partial charge is 0.322 e. The number of nitrogens with one attached hydrogen (secondary N) is 1. The van der Waals surface area contributed by atoms with Crippen molar-refractivity contribution in [2.45, 2.75) is 26.4 Å². The fourth-order valence-corrected chi connectivity index (χ4v) is 3.36. The van der Waals surface area contributed by atoms with E-state index in [1.807, 2.05) is 13.0 Å². The van der Waals surface area contributed by atoms with E-state index in [2.05, 4.69) is 5.32 Å². The average Bonchev–Trinajstić information content (AvgIpc) is 3.33. The van der Waals surface area contributed by atoms with Crippen LogP contribution in [0.1, 0.15) is 24.7 Å². The van der Waals surface area contributed by atoms with Gasteiger partial charge in [0.05, 0.1) is 25.6 Å². The molecule has 0 spiro atoms. The number of para-hydroxylation sites is 2. The molecule has 0 unspecified atom stereocenters. The van der Waals surface area contributed by atoms with E-state index in [1.165, 1.54) is 24.1 Å². The van der Waals surface area contributed by atoms with Crippen molar-refractivity contribution in [3.05, 3.63) is 84.1 Å². The first-order valence-corrected chi connectivity index (χ1v) is 10.7. The van der Waals surface area contributed by atoms with Crippen LogP contribution >= 0.6 is 0 Å². The van der Waals surface area contributed by atoms with Gasteiger partial charge in [-0.25, -0.2) is 9.18 Å². The van der Waals surface area contributed by atoms with Gasteiger partial charge in [-0.2, -0.15) is 0 Å². The third-order valence-corrected chi connectivity index (χ3v) is 5.02. The zero-order valence-electron chi connectivity index (χ0n) is 18.8. The molecule has 3 amide bonds. The summed E-state index contributed by atoms with van der Waals surface area (Å²) in [6, 6.07) is 16.2. The minimum Gasteiger partial charge on any atom is -0.495 e. The fraction of sp³-hybridized carbons (Fsp3) is 0.280. The van der Waals surface area contributed by atoms with E-state index in [1.54, 1.807) is 53.6 Å². The Labute approximate surface area is 192 Å². The molecule has 33 heavy (non-hydrogen) atoms. The van der Waals surface area contributed by atoms with Crippen LogP contribution in [0.5, 0.6) is 5.75 Å². The van der Waals surface area contributed by atoms with Crippen LogP contribution < -0.4 is 10.1 Å². The predicted octanol–water partition coefficient (Wildman–Crippen LogP) is 4.90. The molecule has 174 valence electrons. The van der Waals surface area contributed by atoms with Gasteiger partial charge in [0.2, 0.25) is 5.91 Å². The van der Waals surface area contributed by atoms with Gasteiger partial charge in [-0.1, -0.05) is 31.2 Å². The number of furan rings is 1.